The fourth-order valence-electron chi connectivity index (χ4n) is 3.71. The minimum Gasteiger partial charge on any atom is -0.493 e. The lowest BCUT2D eigenvalue weighted by molar-refractivity contribution is 0.288. The molecule has 1 atom stereocenters. The van der Waals surface area contributed by atoms with Gasteiger partial charge in [-0.15, -0.1) is 0 Å². The van der Waals surface area contributed by atoms with Crippen molar-refractivity contribution in [3.05, 3.63) is 18.5 Å². The summed E-state index contributed by atoms with van der Waals surface area (Å²) in [5, 5.41) is 1.03. The second kappa shape index (κ2) is 8.38. The maximum atomic E-state index is 5.46. The summed E-state index contributed by atoms with van der Waals surface area (Å²) in [6.07, 6.45) is 5.43. The van der Waals surface area contributed by atoms with Crippen LogP contribution in [0.15, 0.2) is 18.5 Å². The maximum Gasteiger partial charge on any atom is 0.162 e. The highest BCUT2D eigenvalue weighted by atomic mass is 127. The van der Waals surface area contributed by atoms with Gasteiger partial charge in [-0.1, -0.05) is 29.5 Å². The molecule has 1 aliphatic heterocycles. The number of halogens is 1. The Morgan fingerprint density at radius 2 is 1.84 bits per heavy atom. The molecule has 5 nitrogen and oxygen atoms in total. The van der Waals surface area contributed by atoms with E-state index in [4.69, 9.17) is 9.47 Å². The molecule has 0 radical (unpaired) electrons. The topological polar surface area (TPSA) is 47.5 Å². The second-order valence-electron chi connectivity index (χ2n) is 6.70. The van der Waals surface area contributed by atoms with Gasteiger partial charge in [-0.2, -0.15) is 0 Å². The summed E-state index contributed by atoms with van der Waals surface area (Å²) in [6.45, 7) is 4.50. The largest absolute Gasteiger partial charge is 0.493 e. The third-order valence-corrected chi connectivity index (χ3v) is 5.95. The molecule has 0 amide bonds. The Kier molecular flexibility index (Phi) is 6.19. The number of methoxy groups -OCH3 is 2. The SMILES string of the molecule is COc1cc2ncnc(N3CCC(C(C)CCI)CC3)c2cc1OC. The number of rotatable bonds is 6. The molecular formula is C19H26IN3O2. The van der Waals surface area contributed by atoms with Crippen LogP contribution in [0.5, 0.6) is 11.5 Å². The maximum absolute atomic E-state index is 5.46. The van der Waals surface area contributed by atoms with Crippen LogP contribution in [0, 0.1) is 11.8 Å². The molecule has 6 heteroatoms. The molecule has 1 unspecified atom stereocenters. The number of anilines is 1. The molecule has 0 saturated carbocycles. The van der Waals surface area contributed by atoms with Crippen molar-refractivity contribution in [2.75, 3.05) is 36.6 Å². The molecule has 2 aromatic rings. The molecule has 1 aromatic carbocycles. The molecule has 0 N–H and O–H groups in total. The monoisotopic (exact) mass is 455 g/mol. The fourth-order valence-corrected chi connectivity index (χ4v) is 4.69. The predicted molar refractivity (Wildman–Crippen MR) is 110 cm³/mol. The molecule has 1 fully saturated rings. The van der Waals surface area contributed by atoms with Gasteiger partial charge in [0.2, 0.25) is 0 Å². The average molecular weight is 455 g/mol. The fraction of sp³-hybridized carbons (Fsp3) is 0.579. The van der Waals surface area contributed by atoms with E-state index in [0.717, 1.165) is 47.4 Å². The highest BCUT2D eigenvalue weighted by Gasteiger charge is 2.25. The summed E-state index contributed by atoms with van der Waals surface area (Å²) < 4.78 is 12.1. The standard InChI is InChI=1S/C19H26IN3O2/c1-13(4-7-20)14-5-8-23(9-6-14)19-15-10-17(24-2)18(25-3)11-16(15)21-12-22-19/h10-14H,4-9H2,1-3H3. The van der Waals surface area contributed by atoms with E-state index in [1.807, 2.05) is 12.1 Å². The summed E-state index contributed by atoms with van der Waals surface area (Å²) in [7, 11) is 3.31. The Labute approximate surface area is 163 Å². The number of aromatic nitrogens is 2. The molecule has 1 saturated heterocycles. The van der Waals surface area contributed by atoms with Gasteiger partial charge in [0.1, 0.15) is 12.1 Å². The van der Waals surface area contributed by atoms with Crippen molar-refractivity contribution in [1.29, 1.82) is 0 Å². The summed E-state index contributed by atoms with van der Waals surface area (Å²) in [5.74, 6) is 4.06. The molecule has 25 heavy (non-hydrogen) atoms. The minimum atomic E-state index is 0.700. The lowest BCUT2D eigenvalue weighted by Crippen LogP contribution is -2.36. The Morgan fingerprint density at radius 1 is 1.16 bits per heavy atom. The van der Waals surface area contributed by atoms with E-state index in [2.05, 4.69) is 44.4 Å². The average Bonchev–Trinajstić information content (AvgIpc) is 2.66. The molecule has 136 valence electrons. The molecule has 1 aliphatic rings. The van der Waals surface area contributed by atoms with Crippen molar-refractivity contribution in [3.8, 4) is 11.5 Å². The van der Waals surface area contributed by atoms with E-state index in [9.17, 15) is 0 Å². The third-order valence-electron chi connectivity index (χ3n) is 5.33. The van der Waals surface area contributed by atoms with Crippen LogP contribution < -0.4 is 14.4 Å². The van der Waals surface area contributed by atoms with Crippen LogP contribution in [0.3, 0.4) is 0 Å². The van der Waals surface area contributed by atoms with Gasteiger partial charge in [0.25, 0.3) is 0 Å². The smallest absolute Gasteiger partial charge is 0.162 e. The summed E-state index contributed by atoms with van der Waals surface area (Å²) in [6, 6.07) is 3.92. The molecule has 0 bridgehead atoms. The van der Waals surface area contributed by atoms with Crippen molar-refractivity contribution in [2.45, 2.75) is 26.2 Å². The van der Waals surface area contributed by atoms with Crippen molar-refractivity contribution >= 4 is 39.3 Å². The molecule has 3 rings (SSSR count). The number of ether oxygens (including phenoxy) is 2. The van der Waals surface area contributed by atoms with Gasteiger partial charge >= 0.3 is 0 Å². The first kappa shape index (κ1) is 18.5. The number of benzene rings is 1. The summed E-state index contributed by atoms with van der Waals surface area (Å²) in [5.41, 5.74) is 0.892. The van der Waals surface area contributed by atoms with Crippen molar-refractivity contribution in [2.24, 2.45) is 11.8 Å². The van der Waals surface area contributed by atoms with Crippen LogP contribution >= 0.6 is 22.6 Å². The zero-order valence-corrected chi connectivity index (χ0v) is 17.3. The first-order chi connectivity index (χ1) is 12.2. The van der Waals surface area contributed by atoms with E-state index in [-0.39, 0.29) is 0 Å². The number of hydrogen-bond acceptors (Lipinski definition) is 5. The van der Waals surface area contributed by atoms with Crippen LogP contribution in [0.4, 0.5) is 5.82 Å². The third kappa shape index (κ3) is 3.93. The van der Waals surface area contributed by atoms with Crippen LogP contribution in [0.25, 0.3) is 10.9 Å². The van der Waals surface area contributed by atoms with Crippen LogP contribution in [-0.4, -0.2) is 41.7 Å². The van der Waals surface area contributed by atoms with E-state index in [0.29, 0.717) is 5.75 Å². The van der Waals surface area contributed by atoms with Gasteiger partial charge in [0.05, 0.1) is 19.7 Å². The van der Waals surface area contributed by atoms with Gasteiger partial charge in [-0.25, -0.2) is 9.97 Å². The summed E-state index contributed by atoms with van der Waals surface area (Å²) >= 11 is 2.48. The Morgan fingerprint density at radius 3 is 2.48 bits per heavy atom. The Hall–Kier alpha value is -1.31. The van der Waals surface area contributed by atoms with Crippen molar-refractivity contribution in [1.82, 2.24) is 9.97 Å². The van der Waals surface area contributed by atoms with Crippen molar-refractivity contribution < 1.29 is 9.47 Å². The highest BCUT2D eigenvalue weighted by Crippen LogP contribution is 2.36. The highest BCUT2D eigenvalue weighted by molar-refractivity contribution is 14.1. The number of hydrogen-bond donors (Lipinski definition) is 0. The van der Waals surface area contributed by atoms with E-state index in [1.165, 1.54) is 23.7 Å². The molecule has 1 aromatic heterocycles. The molecule has 0 aliphatic carbocycles. The Bertz CT molecular complexity index is 717. The van der Waals surface area contributed by atoms with Gasteiger partial charge in [-0.05, 0) is 41.6 Å². The number of nitrogens with zero attached hydrogens (tertiary/aromatic N) is 3. The quantitative estimate of drug-likeness (QED) is 0.480. The van der Waals surface area contributed by atoms with Crippen molar-refractivity contribution in [3.63, 3.8) is 0 Å². The lowest BCUT2D eigenvalue weighted by Gasteiger charge is -2.35. The number of fused-ring (bicyclic) bond motifs is 1. The van der Waals surface area contributed by atoms with E-state index >= 15 is 0 Å². The van der Waals surface area contributed by atoms with Gasteiger partial charge < -0.3 is 14.4 Å². The van der Waals surface area contributed by atoms with Crippen LogP contribution in [0.2, 0.25) is 0 Å². The number of alkyl halides is 1. The first-order valence-electron chi connectivity index (χ1n) is 8.85. The van der Waals surface area contributed by atoms with E-state index < -0.39 is 0 Å². The number of piperidine rings is 1. The normalized spacial score (nSPS) is 16.9. The van der Waals surface area contributed by atoms with Gasteiger partial charge in [0, 0.05) is 24.5 Å². The van der Waals surface area contributed by atoms with Crippen LogP contribution in [0.1, 0.15) is 26.2 Å². The molecular weight excluding hydrogens is 429 g/mol. The zero-order valence-electron chi connectivity index (χ0n) is 15.2. The zero-order chi connectivity index (χ0) is 17.8. The summed E-state index contributed by atoms with van der Waals surface area (Å²) in [4.78, 5) is 11.4. The lowest BCUT2D eigenvalue weighted by atomic mass is 9.84. The molecule has 0 spiro atoms. The van der Waals surface area contributed by atoms with Gasteiger partial charge in [-0.3, -0.25) is 0 Å². The second-order valence-corrected chi connectivity index (χ2v) is 7.78. The van der Waals surface area contributed by atoms with Gasteiger partial charge in [0.15, 0.2) is 11.5 Å². The minimum absolute atomic E-state index is 0.700. The predicted octanol–water partition coefficient (Wildman–Crippen LogP) is 4.32. The first-order valence-corrected chi connectivity index (χ1v) is 10.4. The molecule has 2 heterocycles. The Balaban J connectivity index is 1.84. The van der Waals surface area contributed by atoms with E-state index in [1.54, 1.807) is 20.5 Å². The van der Waals surface area contributed by atoms with Crippen LogP contribution in [-0.2, 0) is 0 Å².